The molecular formula is C15H13F6N3O3S2. The summed E-state index contributed by atoms with van der Waals surface area (Å²) in [6.45, 7) is 1.17. The lowest BCUT2D eigenvalue weighted by Crippen LogP contribution is -2.18. The van der Waals surface area contributed by atoms with Crippen molar-refractivity contribution in [1.29, 1.82) is 0 Å². The molecule has 0 bridgehead atoms. The largest absolute Gasteiger partial charge is 0.417 e. The molecule has 160 valence electrons. The highest BCUT2D eigenvalue weighted by Gasteiger charge is 2.34. The van der Waals surface area contributed by atoms with Crippen molar-refractivity contribution in [3.05, 3.63) is 39.4 Å². The van der Waals surface area contributed by atoms with E-state index in [2.05, 4.69) is 9.98 Å². The number of thiazole rings is 1. The van der Waals surface area contributed by atoms with E-state index in [4.69, 9.17) is 0 Å². The zero-order chi connectivity index (χ0) is 22.2. The van der Waals surface area contributed by atoms with E-state index in [1.807, 2.05) is 0 Å². The number of pyridine rings is 1. The van der Waals surface area contributed by atoms with Crippen molar-refractivity contribution < 1.29 is 39.6 Å². The van der Waals surface area contributed by atoms with Gasteiger partial charge < -0.3 is 4.57 Å². The van der Waals surface area contributed by atoms with Gasteiger partial charge in [-0.3, -0.25) is 4.79 Å². The van der Waals surface area contributed by atoms with Gasteiger partial charge in [0.15, 0.2) is 14.6 Å². The van der Waals surface area contributed by atoms with Gasteiger partial charge in [-0.15, -0.1) is 11.3 Å². The van der Waals surface area contributed by atoms with Crippen LogP contribution < -0.4 is 4.80 Å². The number of hydrogen-bond donors (Lipinski definition) is 0. The van der Waals surface area contributed by atoms with Crippen LogP contribution in [0.2, 0.25) is 0 Å². The average Bonchev–Trinajstić information content (AvgIpc) is 2.90. The fraction of sp³-hybridized carbons (Fsp3) is 0.400. The number of halogens is 6. The molecule has 0 spiro atoms. The molecule has 0 aromatic carbocycles. The van der Waals surface area contributed by atoms with Gasteiger partial charge in [0.2, 0.25) is 0 Å². The van der Waals surface area contributed by atoms with Crippen molar-refractivity contribution in [2.45, 2.75) is 30.6 Å². The van der Waals surface area contributed by atoms with E-state index in [0.717, 1.165) is 10.8 Å². The Labute approximate surface area is 164 Å². The quantitative estimate of drug-likeness (QED) is 0.656. The minimum absolute atomic E-state index is 0.159. The zero-order valence-corrected chi connectivity index (χ0v) is 16.4. The molecule has 0 aliphatic heterocycles. The van der Waals surface area contributed by atoms with Crippen molar-refractivity contribution in [2.24, 2.45) is 12.0 Å². The molecule has 1 amide bonds. The number of carbonyl (C=O) groups excluding carboxylic acids is 1. The number of carbonyl (C=O) groups is 1. The van der Waals surface area contributed by atoms with Crippen molar-refractivity contribution >= 4 is 27.1 Å². The zero-order valence-electron chi connectivity index (χ0n) is 14.8. The monoisotopic (exact) mass is 461 g/mol. The van der Waals surface area contributed by atoms with Crippen molar-refractivity contribution in [2.75, 3.05) is 5.75 Å². The fourth-order valence-corrected chi connectivity index (χ4v) is 4.22. The van der Waals surface area contributed by atoms with Crippen molar-refractivity contribution in [3.63, 3.8) is 0 Å². The first kappa shape index (κ1) is 23.1. The second kappa shape index (κ2) is 7.89. The summed E-state index contributed by atoms with van der Waals surface area (Å²) in [7, 11) is -2.96. The minimum Gasteiger partial charge on any atom is -0.326 e. The van der Waals surface area contributed by atoms with E-state index >= 15 is 0 Å². The molecule has 0 unspecified atom stereocenters. The molecule has 0 atom stereocenters. The summed E-state index contributed by atoms with van der Waals surface area (Å²) in [6, 6.07) is 0.290. The molecule has 6 nitrogen and oxygen atoms in total. The highest BCUT2D eigenvalue weighted by atomic mass is 32.2. The van der Waals surface area contributed by atoms with Gasteiger partial charge in [-0.1, -0.05) is 6.92 Å². The molecule has 0 aliphatic carbocycles. The van der Waals surface area contributed by atoms with E-state index in [1.54, 1.807) is 0 Å². The maximum atomic E-state index is 12.9. The van der Waals surface area contributed by atoms with Gasteiger partial charge >= 0.3 is 12.4 Å². The maximum absolute atomic E-state index is 12.9. The van der Waals surface area contributed by atoms with Gasteiger partial charge in [0.05, 0.1) is 22.6 Å². The highest BCUT2D eigenvalue weighted by molar-refractivity contribution is 7.91. The number of rotatable bonds is 4. The number of alkyl halides is 6. The molecule has 29 heavy (non-hydrogen) atoms. The molecular weight excluding hydrogens is 448 g/mol. The molecule has 0 radical (unpaired) electrons. The first-order valence-corrected chi connectivity index (χ1v) is 10.2. The second-order valence-corrected chi connectivity index (χ2v) is 9.11. The first-order valence-electron chi connectivity index (χ1n) is 7.75. The topological polar surface area (TPSA) is 81.4 Å². The Hall–Kier alpha value is -2.22. The normalized spacial score (nSPS) is 13.7. The SMILES string of the molecule is CCS(=O)(=O)c1cc(C(F)(F)F)cnc1C(=O)/N=c1\sc(CC(F)(F)F)cn1C. The average molecular weight is 461 g/mol. The number of aryl methyl sites for hydroxylation is 1. The van der Waals surface area contributed by atoms with Crippen LogP contribution in [0.15, 0.2) is 28.3 Å². The summed E-state index contributed by atoms with van der Waals surface area (Å²) >= 11 is 0.534. The summed E-state index contributed by atoms with van der Waals surface area (Å²) in [5.74, 6) is -1.89. The number of nitrogens with zero attached hydrogens (tertiary/aromatic N) is 3. The molecule has 0 saturated carbocycles. The molecule has 0 fully saturated rings. The Balaban J connectivity index is 2.58. The molecule has 0 saturated heterocycles. The minimum atomic E-state index is -4.89. The molecule has 2 rings (SSSR count). The smallest absolute Gasteiger partial charge is 0.326 e. The van der Waals surface area contributed by atoms with E-state index in [-0.39, 0.29) is 15.7 Å². The van der Waals surface area contributed by atoms with E-state index in [1.165, 1.54) is 14.0 Å². The molecule has 0 N–H and O–H groups in total. The van der Waals surface area contributed by atoms with E-state index in [0.29, 0.717) is 17.5 Å². The standard InChI is InChI=1S/C15H13F6N3O3S2/c1-3-29(26,27)10-4-8(15(19,20)21)6-22-11(10)12(25)23-13-24(2)7-9(28-13)5-14(16,17)18/h4,6-7H,3,5H2,1-2H3/b23-13-. The summed E-state index contributed by atoms with van der Waals surface area (Å²) < 4.78 is 102. The van der Waals surface area contributed by atoms with Crippen LogP contribution in [0.1, 0.15) is 27.9 Å². The van der Waals surface area contributed by atoms with Gasteiger partial charge in [0, 0.05) is 24.3 Å². The highest BCUT2D eigenvalue weighted by Crippen LogP contribution is 2.31. The van der Waals surface area contributed by atoms with Gasteiger partial charge in [-0.05, 0) is 6.07 Å². The van der Waals surface area contributed by atoms with Crippen LogP contribution in [-0.4, -0.2) is 35.8 Å². The predicted molar refractivity (Wildman–Crippen MR) is 89.9 cm³/mol. The van der Waals surface area contributed by atoms with Crippen LogP contribution in [0.5, 0.6) is 0 Å². The molecule has 2 aromatic rings. The van der Waals surface area contributed by atoms with Crippen LogP contribution in [-0.2, 0) is 29.5 Å². The van der Waals surface area contributed by atoms with Gasteiger partial charge in [-0.2, -0.15) is 31.3 Å². The van der Waals surface area contributed by atoms with Gasteiger partial charge in [0.1, 0.15) is 5.69 Å². The maximum Gasteiger partial charge on any atom is 0.417 e. The lowest BCUT2D eigenvalue weighted by Gasteiger charge is -2.10. The predicted octanol–water partition coefficient (Wildman–Crippen LogP) is 3.14. The Morgan fingerprint density at radius 3 is 2.38 bits per heavy atom. The lowest BCUT2D eigenvalue weighted by molar-refractivity contribution is -0.138. The number of sulfone groups is 1. The summed E-state index contributed by atoms with van der Waals surface area (Å²) in [5.41, 5.74) is -2.21. The fourth-order valence-electron chi connectivity index (χ4n) is 2.16. The van der Waals surface area contributed by atoms with Crippen LogP contribution in [0.4, 0.5) is 26.3 Å². The molecule has 2 aromatic heterocycles. The molecule has 0 aliphatic rings. The number of amides is 1. The van der Waals surface area contributed by atoms with Crippen molar-refractivity contribution in [3.8, 4) is 0 Å². The Bertz CT molecular complexity index is 1100. The Morgan fingerprint density at radius 2 is 1.86 bits per heavy atom. The van der Waals surface area contributed by atoms with Crippen LogP contribution in [0, 0.1) is 0 Å². The second-order valence-electron chi connectivity index (χ2n) is 5.77. The Kier molecular flexibility index (Phi) is 6.28. The van der Waals surface area contributed by atoms with Crippen LogP contribution in [0.3, 0.4) is 0 Å². The Morgan fingerprint density at radius 1 is 1.24 bits per heavy atom. The third kappa shape index (κ3) is 5.65. The van der Waals surface area contributed by atoms with E-state index in [9.17, 15) is 39.6 Å². The summed E-state index contributed by atoms with van der Waals surface area (Å²) in [5, 5.41) is 0. The molecule has 2 heterocycles. The van der Waals surface area contributed by atoms with E-state index < -0.39 is 56.4 Å². The van der Waals surface area contributed by atoms with Gasteiger partial charge in [-0.25, -0.2) is 13.4 Å². The number of hydrogen-bond acceptors (Lipinski definition) is 5. The van der Waals surface area contributed by atoms with Crippen LogP contribution in [0.25, 0.3) is 0 Å². The third-order valence-corrected chi connectivity index (χ3v) is 6.35. The lowest BCUT2D eigenvalue weighted by atomic mass is 10.2. The van der Waals surface area contributed by atoms with Crippen molar-refractivity contribution in [1.82, 2.24) is 9.55 Å². The van der Waals surface area contributed by atoms with Crippen LogP contribution >= 0.6 is 11.3 Å². The van der Waals surface area contributed by atoms with Gasteiger partial charge in [0.25, 0.3) is 5.91 Å². The molecule has 14 heteroatoms. The third-order valence-electron chi connectivity index (χ3n) is 3.53. The summed E-state index contributed by atoms with van der Waals surface area (Å²) in [4.78, 5) is 18.0. The summed E-state index contributed by atoms with van der Waals surface area (Å²) in [6.07, 6.45) is -9.26. The number of aromatic nitrogens is 2. The first-order chi connectivity index (χ1) is 13.1.